The fraction of sp³-hybridized carbons (Fsp3) is 0.458. The molecule has 156 valence electrons. The Hall–Kier alpha value is -2.53. The van der Waals surface area contributed by atoms with Gasteiger partial charge in [0, 0.05) is 48.7 Å². The lowest BCUT2D eigenvalue weighted by molar-refractivity contribution is 0.0773. The monoisotopic (exact) mass is 395 g/mol. The molecule has 1 heterocycles. The number of nitrogens with zero attached hydrogens (tertiary/aromatic N) is 3. The molecule has 0 aliphatic carbocycles. The number of benzene rings is 2. The summed E-state index contributed by atoms with van der Waals surface area (Å²) in [5.41, 5.74) is 2.69. The number of hydrogen-bond acceptors (Lipinski definition) is 4. The van der Waals surface area contributed by atoms with Crippen LogP contribution in [0.2, 0.25) is 0 Å². The van der Waals surface area contributed by atoms with Gasteiger partial charge in [-0.15, -0.1) is 0 Å². The first-order valence-electron chi connectivity index (χ1n) is 10.7. The summed E-state index contributed by atoms with van der Waals surface area (Å²) in [6.07, 6.45) is 2.53. The molecule has 1 atom stereocenters. The van der Waals surface area contributed by atoms with Crippen LogP contribution in [0.1, 0.15) is 44.0 Å². The SMILES string of the molecule is CCN(CC)C(=O)c1ccc(N(c2cccc(O)c2)C(C)CN2CCCC2)cc1. The normalized spacial score (nSPS) is 15.3. The Labute approximate surface area is 174 Å². The predicted molar refractivity (Wildman–Crippen MR) is 119 cm³/mol. The van der Waals surface area contributed by atoms with Gasteiger partial charge in [0.2, 0.25) is 0 Å². The van der Waals surface area contributed by atoms with E-state index in [1.165, 1.54) is 12.8 Å². The zero-order valence-electron chi connectivity index (χ0n) is 17.8. The minimum Gasteiger partial charge on any atom is -0.508 e. The van der Waals surface area contributed by atoms with Crippen LogP contribution in [0.4, 0.5) is 11.4 Å². The van der Waals surface area contributed by atoms with Crippen molar-refractivity contribution in [2.24, 2.45) is 0 Å². The second-order valence-corrected chi connectivity index (χ2v) is 7.77. The van der Waals surface area contributed by atoms with E-state index in [2.05, 4.69) is 16.7 Å². The molecule has 5 heteroatoms. The molecule has 1 N–H and O–H groups in total. The standard InChI is InChI=1S/C24H33N3O2/c1-4-26(5-2)24(29)20-11-13-21(14-12-20)27(22-9-8-10-23(28)17-22)19(3)18-25-15-6-7-16-25/h8-14,17,19,28H,4-7,15-16,18H2,1-3H3. The van der Waals surface area contributed by atoms with Gasteiger partial charge in [-0.05, 0) is 83.1 Å². The number of aromatic hydroxyl groups is 1. The topological polar surface area (TPSA) is 47.0 Å². The molecule has 1 fully saturated rings. The van der Waals surface area contributed by atoms with Crippen LogP contribution in [0.15, 0.2) is 48.5 Å². The zero-order valence-corrected chi connectivity index (χ0v) is 17.8. The van der Waals surface area contributed by atoms with Crippen LogP contribution >= 0.6 is 0 Å². The van der Waals surface area contributed by atoms with Crippen molar-refractivity contribution in [1.82, 2.24) is 9.80 Å². The van der Waals surface area contributed by atoms with Gasteiger partial charge in [0.1, 0.15) is 5.75 Å². The Morgan fingerprint density at radius 2 is 1.69 bits per heavy atom. The highest BCUT2D eigenvalue weighted by Crippen LogP contribution is 2.31. The van der Waals surface area contributed by atoms with Gasteiger partial charge in [-0.2, -0.15) is 0 Å². The third-order valence-corrected chi connectivity index (χ3v) is 5.71. The van der Waals surface area contributed by atoms with Gasteiger partial charge in [0.25, 0.3) is 5.91 Å². The van der Waals surface area contributed by atoms with Crippen molar-refractivity contribution in [2.75, 3.05) is 37.6 Å². The summed E-state index contributed by atoms with van der Waals surface area (Å²) in [5, 5.41) is 10.0. The second kappa shape index (κ2) is 9.79. The molecule has 0 spiro atoms. The van der Waals surface area contributed by atoms with Crippen molar-refractivity contribution in [1.29, 1.82) is 0 Å². The lowest BCUT2D eigenvalue weighted by atomic mass is 10.1. The van der Waals surface area contributed by atoms with Crippen molar-refractivity contribution < 1.29 is 9.90 Å². The van der Waals surface area contributed by atoms with E-state index in [0.29, 0.717) is 18.7 Å². The number of amides is 1. The first-order valence-corrected chi connectivity index (χ1v) is 10.7. The first-order chi connectivity index (χ1) is 14.0. The van der Waals surface area contributed by atoms with Gasteiger partial charge < -0.3 is 19.8 Å². The number of hydrogen-bond donors (Lipinski definition) is 1. The molecule has 1 aliphatic rings. The number of rotatable bonds is 8. The maximum Gasteiger partial charge on any atom is 0.253 e. The molecular formula is C24H33N3O2. The van der Waals surface area contributed by atoms with E-state index in [4.69, 9.17) is 0 Å². The number of carbonyl (C=O) groups excluding carboxylic acids is 1. The Bertz CT molecular complexity index is 796. The van der Waals surface area contributed by atoms with Crippen LogP contribution in [-0.4, -0.2) is 59.6 Å². The number of phenolic OH excluding ortho intramolecular Hbond substituents is 1. The highest BCUT2D eigenvalue weighted by molar-refractivity contribution is 5.94. The molecule has 3 rings (SSSR count). The van der Waals surface area contributed by atoms with E-state index in [9.17, 15) is 9.90 Å². The van der Waals surface area contributed by atoms with Gasteiger partial charge in [0.05, 0.1) is 0 Å². The molecule has 1 unspecified atom stereocenters. The van der Waals surface area contributed by atoms with Gasteiger partial charge >= 0.3 is 0 Å². The van der Waals surface area contributed by atoms with E-state index in [1.807, 2.05) is 55.1 Å². The molecule has 0 saturated carbocycles. The number of phenols is 1. The lowest BCUT2D eigenvalue weighted by Crippen LogP contribution is -2.39. The highest BCUT2D eigenvalue weighted by Gasteiger charge is 2.22. The van der Waals surface area contributed by atoms with Gasteiger partial charge in [-0.3, -0.25) is 4.79 Å². The quantitative estimate of drug-likeness (QED) is 0.715. The third-order valence-electron chi connectivity index (χ3n) is 5.71. The largest absolute Gasteiger partial charge is 0.508 e. The molecule has 0 bridgehead atoms. The summed E-state index contributed by atoms with van der Waals surface area (Å²) in [5.74, 6) is 0.324. The van der Waals surface area contributed by atoms with E-state index in [-0.39, 0.29) is 17.7 Å². The van der Waals surface area contributed by atoms with Crippen LogP contribution < -0.4 is 4.90 Å². The Morgan fingerprint density at radius 1 is 1.03 bits per heavy atom. The van der Waals surface area contributed by atoms with Crippen LogP contribution in [0.25, 0.3) is 0 Å². The summed E-state index contributed by atoms with van der Waals surface area (Å²) >= 11 is 0. The van der Waals surface area contributed by atoms with Crippen LogP contribution in [0.5, 0.6) is 5.75 Å². The fourth-order valence-corrected chi connectivity index (χ4v) is 4.18. The minimum atomic E-state index is 0.0653. The zero-order chi connectivity index (χ0) is 20.8. The number of likely N-dealkylation sites (tertiary alicyclic amines) is 1. The fourth-order valence-electron chi connectivity index (χ4n) is 4.18. The van der Waals surface area contributed by atoms with Crippen molar-refractivity contribution in [3.05, 3.63) is 54.1 Å². The summed E-state index contributed by atoms with van der Waals surface area (Å²) < 4.78 is 0. The van der Waals surface area contributed by atoms with Crippen molar-refractivity contribution in [3.8, 4) is 5.75 Å². The van der Waals surface area contributed by atoms with Crippen LogP contribution in [0, 0.1) is 0 Å². The molecule has 2 aromatic rings. The van der Waals surface area contributed by atoms with Crippen LogP contribution in [-0.2, 0) is 0 Å². The Kier molecular flexibility index (Phi) is 7.15. The van der Waals surface area contributed by atoms with Gasteiger partial charge in [0.15, 0.2) is 0 Å². The molecular weight excluding hydrogens is 362 g/mol. The van der Waals surface area contributed by atoms with E-state index >= 15 is 0 Å². The number of carbonyl (C=O) groups is 1. The Morgan fingerprint density at radius 3 is 2.28 bits per heavy atom. The summed E-state index contributed by atoms with van der Waals surface area (Å²) in [4.78, 5) is 19.2. The maximum absolute atomic E-state index is 12.6. The molecule has 1 aliphatic heterocycles. The first kappa shape index (κ1) is 21.2. The molecule has 29 heavy (non-hydrogen) atoms. The molecule has 5 nitrogen and oxygen atoms in total. The average Bonchev–Trinajstić information content (AvgIpc) is 3.22. The van der Waals surface area contributed by atoms with Crippen molar-refractivity contribution in [3.63, 3.8) is 0 Å². The van der Waals surface area contributed by atoms with Crippen molar-refractivity contribution >= 4 is 17.3 Å². The molecule has 1 amide bonds. The highest BCUT2D eigenvalue weighted by atomic mass is 16.3. The second-order valence-electron chi connectivity index (χ2n) is 7.77. The van der Waals surface area contributed by atoms with Crippen molar-refractivity contribution in [2.45, 2.75) is 39.7 Å². The Balaban J connectivity index is 1.88. The van der Waals surface area contributed by atoms with E-state index in [1.54, 1.807) is 12.1 Å². The summed E-state index contributed by atoms with van der Waals surface area (Å²) in [6, 6.07) is 15.5. The molecule has 2 aromatic carbocycles. The van der Waals surface area contributed by atoms with E-state index in [0.717, 1.165) is 31.0 Å². The van der Waals surface area contributed by atoms with E-state index < -0.39 is 0 Å². The average molecular weight is 396 g/mol. The maximum atomic E-state index is 12.6. The smallest absolute Gasteiger partial charge is 0.253 e. The third kappa shape index (κ3) is 5.10. The lowest BCUT2D eigenvalue weighted by Gasteiger charge is -2.34. The molecule has 0 aromatic heterocycles. The van der Waals surface area contributed by atoms with Gasteiger partial charge in [-0.25, -0.2) is 0 Å². The summed E-state index contributed by atoms with van der Waals surface area (Å²) in [6.45, 7) is 10.9. The molecule has 1 saturated heterocycles. The molecule has 0 radical (unpaired) electrons. The van der Waals surface area contributed by atoms with Gasteiger partial charge in [-0.1, -0.05) is 6.07 Å². The summed E-state index contributed by atoms with van der Waals surface area (Å²) in [7, 11) is 0. The van der Waals surface area contributed by atoms with Crippen LogP contribution in [0.3, 0.4) is 0 Å². The predicted octanol–water partition coefficient (Wildman–Crippen LogP) is 4.50. The minimum absolute atomic E-state index is 0.0653. The number of anilines is 2.